The van der Waals surface area contributed by atoms with Gasteiger partial charge in [-0.2, -0.15) is 0 Å². The number of hydrogen-bond donors (Lipinski definition) is 1. The Balaban J connectivity index is 1.65. The molecular weight excluding hydrogens is 280 g/mol. The summed E-state index contributed by atoms with van der Waals surface area (Å²) in [7, 11) is 0. The van der Waals surface area contributed by atoms with Crippen LogP contribution in [-0.2, 0) is 16.0 Å². The van der Waals surface area contributed by atoms with E-state index >= 15 is 0 Å². The Kier molecular flexibility index (Phi) is 3.59. The fourth-order valence-electron chi connectivity index (χ4n) is 4.29. The zero-order chi connectivity index (χ0) is 15.3. The summed E-state index contributed by atoms with van der Waals surface area (Å²) in [4.78, 5) is 13.2. The second kappa shape index (κ2) is 5.05. The zero-order valence-electron chi connectivity index (χ0n) is 13.1. The highest BCUT2D eigenvalue weighted by Gasteiger charge is 2.62. The van der Waals surface area contributed by atoms with E-state index < -0.39 is 0 Å². The Bertz CT molecular complexity index is 549. The molecule has 3 unspecified atom stereocenters. The molecule has 0 spiro atoms. The molecule has 2 aliphatic rings. The van der Waals surface area contributed by atoms with Crippen molar-refractivity contribution in [3.63, 3.8) is 0 Å². The monoisotopic (exact) mass is 304 g/mol. The lowest BCUT2D eigenvalue weighted by molar-refractivity contribution is -0.156. The van der Waals surface area contributed by atoms with Crippen LogP contribution in [0.2, 0.25) is 0 Å². The van der Waals surface area contributed by atoms with Crippen molar-refractivity contribution in [2.75, 3.05) is 0 Å². The van der Waals surface area contributed by atoms with Crippen LogP contribution in [0.3, 0.4) is 0 Å². The molecule has 2 bridgehead atoms. The lowest BCUT2D eigenvalue weighted by atomic mass is 9.70. The maximum atomic E-state index is 12.2. The lowest BCUT2D eigenvalue weighted by Crippen LogP contribution is -2.38. The van der Waals surface area contributed by atoms with E-state index in [-0.39, 0.29) is 22.9 Å². The predicted octanol–water partition coefficient (Wildman–Crippen LogP) is 4.28. The highest BCUT2D eigenvalue weighted by molar-refractivity contribution is 7.80. The van der Waals surface area contributed by atoms with Crippen LogP contribution in [0.4, 0.5) is 0 Å². The third-order valence-corrected chi connectivity index (χ3v) is 6.57. The summed E-state index contributed by atoms with van der Waals surface area (Å²) in [5, 5.41) is 0. The van der Waals surface area contributed by atoms with E-state index in [1.54, 1.807) is 0 Å². The molecule has 0 saturated heterocycles. The fraction of sp³-hybridized carbons (Fsp3) is 0.611. The van der Waals surface area contributed by atoms with Gasteiger partial charge in [0.25, 0.3) is 0 Å². The smallest absolute Gasteiger partial charge is 0.310 e. The molecule has 21 heavy (non-hydrogen) atoms. The maximum Gasteiger partial charge on any atom is 0.310 e. The topological polar surface area (TPSA) is 26.3 Å². The summed E-state index contributed by atoms with van der Waals surface area (Å²) in [6.07, 6.45) is 3.93. The van der Waals surface area contributed by atoms with Crippen LogP contribution in [0.25, 0.3) is 0 Å². The van der Waals surface area contributed by atoms with Crippen molar-refractivity contribution in [1.29, 1.82) is 0 Å². The van der Waals surface area contributed by atoms with Crippen molar-refractivity contribution in [1.82, 2.24) is 0 Å². The minimum Gasteiger partial charge on any atom is -0.462 e. The summed E-state index contributed by atoms with van der Waals surface area (Å²) in [5.41, 5.74) is 1.42. The van der Waals surface area contributed by atoms with E-state index in [1.807, 2.05) is 24.3 Å². The van der Waals surface area contributed by atoms with Gasteiger partial charge in [0.1, 0.15) is 6.10 Å². The van der Waals surface area contributed by atoms with E-state index in [1.165, 1.54) is 12.8 Å². The molecule has 3 atom stereocenters. The average Bonchev–Trinajstić information content (AvgIpc) is 2.74. The van der Waals surface area contributed by atoms with Gasteiger partial charge in [-0.3, -0.25) is 4.79 Å². The third-order valence-electron chi connectivity index (χ3n) is 6.27. The van der Waals surface area contributed by atoms with Crippen LogP contribution in [-0.4, -0.2) is 12.1 Å². The number of hydrogen-bond acceptors (Lipinski definition) is 3. The molecule has 3 rings (SSSR count). The molecule has 2 fully saturated rings. The number of carbonyl (C=O) groups excluding carboxylic acids is 1. The zero-order valence-corrected chi connectivity index (χ0v) is 14.0. The second-order valence-corrected chi connectivity index (χ2v) is 7.95. The molecular formula is C18H24O2S. The van der Waals surface area contributed by atoms with Gasteiger partial charge in [0, 0.05) is 10.3 Å². The van der Waals surface area contributed by atoms with Crippen molar-refractivity contribution in [2.45, 2.75) is 57.5 Å². The summed E-state index contributed by atoms with van der Waals surface area (Å²) in [6, 6.07) is 7.70. The first-order chi connectivity index (χ1) is 9.83. The summed E-state index contributed by atoms with van der Waals surface area (Å²) in [5.74, 6) is 0.597. The summed E-state index contributed by atoms with van der Waals surface area (Å²) >= 11 is 4.26. The van der Waals surface area contributed by atoms with Crippen molar-refractivity contribution in [3.05, 3.63) is 29.8 Å². The molecule has 2 saturated carbocycles. The van der Waals surface area contributed by atoms with E-state index in [0.717, 1.165) is 16.9 Å². The highest BCUT2D eigenvalue weighted by Crippen LogP contribution is 2.66. The van der Waals surface area contributed by atoms with Crippen LogP contribution >= 0.6 is 12.6 Å². The van der Waals surface area contributed by atoms with Crippen LogP contribution in [0, 0.1) is 16.7 Å². The van der Waals surface area contributed by atoms with Crippen molar-refractivity contribution >= 4 is 18.6 Å². The Morgan fingerprint density at radius 1 is 1.29 bits per heavy atom. The van der Waals surface area contributed by atoms with Crippen LogP contribution in [0.5, 0.6) is 0 Å². The quantitative estimate of drug-likeness (QED) is 0.666. The normalized spacial score (nSPS) is 33.1. The van der Waals surface area contributed by atoms with Crippen LogP contribution in [0.1, 0.15) is 45.6 Å². The molecule has 1 aromatic rings. The SMILES string of the molecule is CC1(C)C2CCC1(C)C(OC(=O)Cc1ccc(S)cc1)C2. The van der Waals surface area contributed by atoms with Crippen LogP contribution in [0.15, 0.2) is 29.2 Å². The molecule has 0 heterocycles. The molecule has 114 valence electrons. The Morgan fingerprint density at radius 3 is 2.48 bits per heavy atom. The Hall–Kier alpha value is -0.960. The molecule has 2 aliphatic carbocycles. The van der Waals surface area contributed by atoms with Crippen molar-refractivity contribution < 1.29 is 9.53 Å². The molecule has 0 amide bonds. The van der Waals surface area contributed by atoms with Crippen molar-refractivity contribution in [3.8, 4) is 0 Å². The molecule has 3 heteroatoms. The van der Waals surface area contributed by atoms with Crippen LogP contribution < -0.4 is 0 Å². The molecule has 0 radical (unpaired) electrons. The fourth-order valence-corrected chi connectivity index (χ4v) is 4.44. The number of ether oxygens (including phenoxy) is 1. The van der Waals surface area contributed by atoms with E-state index in [0.29, 0.717) is 12.3 Å². The molecule has 0 aromatic heterocycles. The number of thiol groups is 1. The van der Waals surface area contributed by atoms with Gasteiger partial charge in [0.05, 0.1) is 6.42 Å². The summed E-state index contributed by atoms with van der Waals surface area (Å²) < 4.78 is 5.86. The van der Waals surface area contributed by atoms with E-state index in [2.05, 4.69) is 33.4 Å². The molecule has 0 N–H and O–H groups in total. The highest BCUT2D eigenvalue weighted by atomic mass is 32.1. The number of fused-ring (bicyclic) bond motifs is 2. The minimum absolute atomic E-state index is 0.0860. The molecule has 1 aromatic carbocycles. The number of rotatable bonds is 3. The standard InChI is InChI=1S/C18H24O2S/c1-17(2)13-8-9-18(17,3)15(11-13)20-16(19)10-12-4-6-14(21)7-5-12/h4-7,13,15,21H,8-11H2,1-3H3. The predicted molar refractivity (Wildman–Crippen MR) is 86.5 cm³/mol. The lowest BCUT2D eigenvalue weighted by Gasteiger charge is -2.38. The number of benzene rings is 1. The van der Waals surface area contributed by atoms with Gasteiger partial charge < -0.3 is 4.74 Å². The number of esters is 1. The third kappa shape index (κ3) is 2.40. The van der Waals surface area contributed by atoms with Gasteiger partial charge >= 0.3 is 5.97 Å². The van der Waals surface area contributed by atoms with Gasteiger partial charge in [0.15, 0.2) is 0 Å². The Morgan fingerprint density at radius 2 is 1.95 bits per heavy atom. The first-order valence-electron chi connectivity index (χ1n) is 7.80. The average molecular weight is 304 g/mol. The first kappa shape index (κ1) is 15.0. The first-order valence-corrected chi connectivity index (χ1v) is 8.25. The van der Waals surface area contributed by atoms with Gasteiger partial charge in [-0.05, 0) is 48.3 Å². The van der Waals surface area contributed by atoms with E-state index in [9.17, 15) is 4.79 Å². The van der Waals surface area contributed by atoms with Gasteiger partial charge in [-0.25, -0.2) is 0 Å². The van der Waals surface area contributed by atoms with Gasteiger partial charge in [0.2, 0.25) is 0 Å². The molecule has 0 aliphatic heterocycles. The Labute approximate surface area is 132 Å². The van der Waals surface area contributed by atoms with Crippen molar-refractivity contribution in [2.24, 2.45) is 16.7 Å². The van der Waals surface area contributed by atoms with Gasteiger partial charge in [-0.15, -0.1) is 12.6 Å². The summed E-state index contributed by atoms with van der Waals surface area (Å²) in [6.45, 7) is 6.97. The largest absolute Gasteiger partial charge is 0.462 e. The number of carbonyl (C=O) groups is 1. The maximum absolute atomic E-state index is 12.2. The van der Waals surface area contributed by atoms with E-state index in [4.69, 9.17) is 4.74 Å². The molecule has 2 nitrogen and oxygen atoms in total. The van der Waals surface area contributed by atoms with Gasteiger partial charge in [-0.1, -0.05) is 32.9 Å². The second-order valence-electron chi connectivity index (χ2n) is 7.43. The minimum atomic E-state index is -0.100.